The molecule has 132 valence electrons. The number of nitrogens with one attached hydrogen (secondary N) is 1. The van der Waals surface area contributed by atoms with Crippen LogP contribution in [0.15, 0.2) is 35.2 Å². The number of aromatic nitrogens is 1. The third-order valence-electron chi connectivity index (χ3n) is 3.75. The fourth-order valence-corrected chi connectivity index (χ4v) is 3.31. The number of nitrogens with zero attached hydrogens (tertiary/aromatic N) is 1. The van der Waals surface area contributed by atoms with Crippen molar-refractivity contribution in [1.82, 2.24) is 9.29 Å². The SMILES string of the molecule is CCOc1ccc(S(=O)(=O)NCc2ccc(C)n2C)cc1OCC. The Labute approximate surface area is 143 Å². The normalized spacial score (nSPS) is 11.5. The highest BCUT2D eigenvalue weighted by Crippen LogP contribution is 2.30. The van der Waals surface area contributed by atoms with Crippen molar-refractivity contribution in [3.05, 3.63) is 41.7 Å². The van der Waals surface area contributed by atoms with Gasteiger partial charge in [0, 0.05) is 24.5 Å². The Morgan fingerprint density at radius 3 is 2.29 bits per heavy atom. The molecule has 1 aromatic heterocycles. The quantitative estimate of drug-likeness (QED) is 0.793. The summed E-state index contributed by atoms with van der Waals surface area (Å²) in [5.74, 6) is 0.966. The fourth-order valence-electron chi connectivity index (χ4n) is 2.30. The number of rotatable bonds is 8. The van der Waals surface area contributed by atoms with Gasteiger partial charge in [-0.25, -0.2) is 13.1 Å². The molecule has 0 unspecified atom stereocenters. The van der Waals surface area contributed by atoms with Crippen molar-refractivity contribution >= 4 is 10.0 Å². The first-order valence-electron chi connectivity index (χ1n) is 7.89. The van der Waals surface area contributed by atoms with Gasteiger partial charge in [0.2, 0.25) is 10.0 Å². The average Bonchev–Trinajstić information content (AvgIpc) is 2.87. The van der Waals surface area contributed by atoms with Gasteiger partial charge in [0.1, 0.15) is 0 Å². The van der Waals surface area contributed by atoms with Gasteiger partial charge < -0.3 is 14.0 Å². The smallest absolute Gasteiger partial charge is 0.241 e. The summed E-state index contributed by atoms with van der Waals surface area (Å²) in [5.41, 5.74) is 1.97. The van der Waals surface area contributed by atoms with Crippen LogP contribution in [0.4, 0.5) is 0 Å². The van der Waals surface area contributed by atoms with Crippen molar-refractivity contribution in [2.24, 2.45) is 7.05 Å². The summed E-state index contributed by atoms with van der Waals surface area (Å²) >= 11 is 0. The number of benzene rings is 1. The average molecular weight is 352 g/mol. The summed E-state index contributed by atoms with van der Waals surface area (Å²) in [6.07, 6.45) is 0. The minimum absolute atomic E-state index is 0.153. The first-order chi connectivity index (χ1) is 11.4. The Balaban J connectivity index is 2.21. The monoisotopic (exact) mass is 352 g/mol. The zero-order chi connectivity index (χ0) is 17.7. The van der Waals surface area contributed by atoms with E-state index in [-0.39, 0.29) is 11.4 Å². The van der Waals surface area contributed by atoms with E-state index in [4.69, 9.17) is 9.47 Å². The van der Waals surface area contributed by atoms with Crippen LogP contribution < -0.4 is 14.2 Å². The zero-order valence-electron chi connectivity index (χ0n) is 14.5. The van der Waals surface area contributed by atoms with Gasteiger partial charge in [0.05, 0.1) is 24.7 Å². The van der Waals surface area contributed by atoms with Crippen molar-refractivity contribution in [3.8, 4) is 11.5 Å². The standard InChI is InChI=1S/C17H24N2O4S/c1-5-22-16-10-9-15(11-17(16)23-6-2)24(20,21)18-12-14-8-7-13(3)19(14)4/h7-11,18H,5-6,12H2,1-4H3. The molecule has 0 spiro atoms. The molecule has 2 rings (SSSR count). The highest BCUT2D eigenvalue weighted by atomic mass is 32.2. The van der Waals surface area contributed by atoms with Crippen molar-refractivity contribution in [3.63, 3.8) is 0 Å². The lowest BCUT2D eigenvalue weighted by Crippen LogP contribution is -2.24. The van der Waals surface area contributed by atoms with Gasteiger partial charge in [-0.3, -0.25) is 0 Å². The molecular formula is C17H24N2O4S. The minimum atomic E-state index is -3.64. The van der Waals surface area contributed by atoms with Crippen molar-refractivity contribution in [2.75, 3.05) is 13.2 Å². The van der Waals surface area contributed by atoms with Gasteiger partial charge in [0.15, 0.2) is 11.5 Å². The number of aryl methyl sites for hydroxylation is 1. The van der Waals surface area contributed by atoms with E-state index < -0.39 is 10.0 Å². The Kier molecular flexibility index (Phi) is 5.90. The molecule has 0 atom stereocenters. The number of sulfonamides is 1. The van der Waals surface area contributed by atoms with E-state index >= 15 is 0 Å². The maximum absolute atomic E-state index is 12.5. The molecule has 1 heterocycles. The van der Waals surface area contributed by atoms with E-state index in [0.717, 1.165) is 11.4 Å². The number of ether oxygens (including phenoxy) is 2. The maximum atomic E-state index is 12.5. The first kappa shape index (κ1) is 18.4. The molecule has 0 fully saturated rings. The summed E-state index contributed by atoms with van der Waals surface area (Å²) in [5, 5.41) is 0. The third-order valence-corrected chi connectivity index (χ3v) is 5.14. The van der Waals surface area contributed by atoms with E-state index in [1.54, 1.807) is 6.07 Å². The van der Waals surface area contributed by atoms with Crippen LogP contribution in [-0.4, -0.2) is 26.2 Å². The van der Waals surface area contributed by atoms with Crippen LogP contribution in [0.3, 0.4) is 0 Å². The van der Waals surface area contributed by atoms with E-state index in [9.17, 15) is 8.42 Å². The van der Waals surface area contributed by atoms with E-state index in [0.29, 0.717) is 24.7 Å². The second-order valence-corrected chi connectivity index (χ2v) is 7.09. The predicted molar refractivity (Wildman–Crippen MR) is 93.0 cm³/mol. The van der Waals surface area contributed by atoms with Crippen molar-refractivity contribution < 1.29 is 17.9 Å². The highest BCUT2D eigenvalue weighted by Gasteiger charge is 2.18. The van der Waals surface area contributed by atoms with E-state index in [1.165, 1.54) is 12.1 Å². The summed E-state index contributed by atoms with van der Waals surface area (Å²) in [7, 11) is -1.73. The topological polar surface area (TPSA) is 69.6 Å². The van der Waals surface area contributed by atoms with Gasteiger partial charge in [-0.2, -0.15) is 0 Å². The van der Waals surface area contributed by atoms with Crippen LogP contribution >= 0.6 is 0 Å². The predicted octanol–water partition coefficient (Wildman–Crippen LogP) is 2.61. The number of hydrogen-bond acceptors (Lipinski definition) is 4. The molecule has 0 aliphatic heterocycles. The Morgan fingerprint density at radius 2 is 1.71 bits per heavy atom. The van der Waals surface area contributed by atoms with Gasteiger partial charge in [-0.1, -0.05) is 0 Å². The Hall–Kier alpha value is -1.99. The lowest BCUT2D eigenvalue weighted by atomic mass is 10.3. The summed E-state index contributed by atoms with van der Waals surface area (Å²) in [4.78, 5) is 0.153. The second kappa shape index (κ2) is 7.72. The maximum Gasteiger partial charge on any atom is 0.241 e. The number of hydrogen-bond donors (Lipinski definition) is 1. The molecule has 1 N–H and O–H groups in total. The molecule has 0 saturated heterocycles. The van der Waals surface area contributed by atoms with E-state index in [2.05, 4.69) is 4.72 Å². The molecule has 0 bridgehead atoms. The molecule has 6 nitrogen and oxygen atoms in total. The van der Waals surface area contributed by atoms with Crippen LogP contribution in [0.5, 0.6) is 11.5 Å². The Morgan fingerprint density at radius 1 is 1.04 bits per heavy atom. The molecule has 1 aromatic carbocycles. The lowest BCUT2D eigenvalue weighted by molar-refractivity contribution is 0.287. The molecule has 2 aromatic rings. The van der Waals surface area contributed by atoms with Gasteiger partial charge in [0.25, 0.3) is 0 Å². The summed E-state index contributed by atoms with van der Waals surface area (Å²) < 4.78 is 40.6. The molecule has 24 heavy (non-hydrogen) atoms. The van der Waals surface area contributed by atoms with Gasteiger partial charge >= 0.3 is 0 Å². The molecule has 0 saturated carbocycles. The summed E-state index contributed by atoms with van der Waals surface area (Å²) in [6, 6.07) is 8.49. The fraction of sp³-hybridized carbons (Fsp3) is 0.412. The van der Waals surface area contributed by atoms with Crippen LogP contribution in [0.1, 0.15) is 25.2 Å². The zero-order valence-corrected chi connectivity index (χ0v) is 15.3. The Bertz CT molecular complexity index is 797. The summed E-state index contributed by atoms with van der Waals surface area (Å²) in [6.45, 7) is 6.82. The molecule has 0 radical (unpaired) electrons. The largest absolute Gasteiger partial charge is 0.490 e. The van der Waals surface area contributed by atoms with Gasteiger partial charge in [-0.05, 0) is 45.0 Å². The van der Waals surface area contributed by atoms with Crippen LogP contribution in [0.25, 0.3) is 0 Å². The van der Waals surface area contributed by atoms with Crippen molar-refractivity contribution in [1.29, 1.82) is 0 Å². The molecule has 0 aliphatic carbocycles. The van der Waals surface area contributed by atoms with Crippen LogP contribution in [0.2, 0.25) is 0 Å². The van der Waals surface area contributed by atoms with Crippen LogP contribution in [-0.2, 0) is 23.6 Å². The van der Waals surface area contributed by atoms with Crippen LogP contribution in [0, 0.1) is 6.92 Å². The minimum Gasteiger partial charge on any atom is -0.490 e. The lowest BCUT2D eigenvalue weighted by Gasteiger charge is -2.13. The second-order valence-electron chi connectivity index (χ2n) is 5.32. The first-order valence-corrected chi connectivity index (χ1v) is 9.37. The molecule has 0 aliphatic rings. The molecule has 0 amide bonds. The van der Waals surface area contributed by atoms with E-state index in [1.807, 2.05) is 44.5 Å². The molecular weight excluding hydrogens is 328 g/mol. The molecule has 7 heteroatoms. The third kappa shape index (κ3) is 4.10. The van der Waals surface area contributed by atoms with Gasteiger partial charge in [-0.15, -0.1) is 0 Å². The van der Waals surface area contributed by atoms with Crippen molar-refractivity contribution in [2.45, 2.75) is 32.2 Å². The highest BCUT2D eigenvalue weighted by molar-refractivity contribution is 7.89.